The molecule has 0 aliphatic carbocycles. The van der Waals surface area contributed by atoms with Gasteiger partial charge in [0.1, 0.15) is 16.7 Å². The van der Waals surface area contributed by atoms with E-state index in [0.29, 0.717) is 11.5 Å². The molecular weight excluding hydrogens is 721 g/mol. The number of benzene rings is 9. The molecule has 4 heteroatoms. The zero-order chi connectivity index (χ0) is 39.1. The Hall–Kier alpha value is -7.95. The maximum absolute atomic E-state index is 6.43. The number of oxazole rings is 1. The number of rotatable bonds is 8. The molecule has 278 valence electrons. The van der Waals surface area contributed by atoms with Crippen LogP contribution in [0.2, 0.25) is 0 Å². The third-order valence-corrected chi connectivity index (χ3v) is 11.1. The van der Waals surface area contributed by atoms with Gasteiger partial charge < -0.3 is 13.7 Å². The van der Waals surface area contributed by atoms with Crippen LogP contribution in [0.3, 0.4) is 0 Å². The summed E-state index contributed by atoms with van der Waals surface area (Å²) in [6.07, 6.45) is 0. The van der Waals surface area contributed by atoms with E-state index in [-0.39, 0.29) is 0 Å². The van der Waals surface area contributed by atoms with Crippen LogP contribution in [0.4, 0.5) is 17.1 Å². The van der Waals surface area contributed by atoms with Crippen LogP contribution in [-0.4, -0.2) is 4.98 Å². The molecule has 4 nitrogen and oxygen atoms in total. The molecule has 0 amide bonds. The van der Waals surface area contributed by atoms with E-state index in [4.69, 9.17) is 13.8 Å². The van der Waals surface area contributed by atoms with E-state index in [1.54, 1.807) is 0 Å². The lowest BCUT2D eigenvalue weighted by Crippen LogP contribution is -2.10. The van der Waals surface area contributed by atoms with E-state index in [0.717, 1.165) is 66.8 Å². The zero-order valence-electron chi connectivity index (χ0n) is 32.0. The molecule has 0 bridgehead atoms. The van der Waals surface area contributed by atoms with E-state index in [1.807, 2.05) is 42.5 Å². The number of aromatic nitrogens is 1. The predicted octanol–water partition coefficient (Wildman–Crippen LogP) is 15.5. The van der Waals surface area contributed by atoms with Crippen LogP contribution in [0.15, 0.2) is 227 Å². The van der Waals surface area contributed by atoms with Crippen LogP contribution < -0.4 is 4.90 Å². The highest BCUT2D eigenvalue weighted by molar-refractivity contribution is 6.15. The van der Waals surface area contributed by atoms with Crippen LogP contribution in [0, 0.1) is 0 Å². The first-order valence-electron chi connectivity index (χ1n) is 19.9. The summed E-state index contributed by atoms with van der Waals surface area (Å²) >= 11 is 0. The van der Waals surface area contributed by atoms with Crippen molar-refractivity contribution in [3.05, 3.63) is 218 Å². The van der Waals surface area contributed by atoms with Crippen molar-refractivity contribution < 1.29 is 8.83 Å². The monoisotopic (exact) mass is 756 g/mol. The van der Waals surface area contributed by atoms with Crippen molar-refractivity contribution in [2.24, 2.45) is 0 Å². The molecule has 0 spiro atoms. The van der Waals surface area contributed by atoms with Crippen LogP contribution in [0.1, 0.15) is 0 Å². The van der Waals surface area contributed by atoms with Crippen LogP contribution in [0.5, 0.6) is 0 Å². The molecule has 0 saturated carbocycles. The molecule has 11 rings (SSSR count). The Kier molecular flexibility index (Phi) is 8.45. The lowest BCUT2D eigenvalue weighted by atomic mass is 9.98. The highest BCUT2D eigenvalue weighted by Gasteiger charge is 2.18. The number of hydrogen-bond donors (Lipinski definition) is 0. The molecule has 0 saturated heterocycles. The van der Waals surface area contributed by atoms with Crippen LogP contribution in [0.25, 0.3) is 89.0 Å². The summed E-state index contributed by atoms with van der Waals surface area (Å²) in [6.45, 7) is 0. The Morgan fingerprint density at radius 3 is 1.46 bits per heavy atom. The average Bonchev–Trinajstić information content (AvgIpc) is 3.90. The minimum absolute atomic E-state index is 0.597. The molecule has 59 heavy (non-hydrogen) atoms. The Morgan fingerprint density at radius 2 is 0.831 bits per heavy atom. The molecule has 2 heterocycles. The van der Waals surface area contributed by atoms with Gasteiger partial charge in [-0.25, -0.2) is 4.98 Å². The summed E-state index contributed by atoms with van der Waals surface area (Å²) in [4.78, 5) is 7.19. The maximum atomic E-state index is 6.43. The second-order valence-corrected chi connectivity index (χ2v) is 14.8. The van der Waals surface area contributed by atoms with Gasteiger partial charge in [0.15, 0.2) is 5.58 Å². The first-order chi connectivity index (χ1) is 29.2. The zero-order valence-corrected chi connectivity index (χ0v) is 32.0. The summed E-state index contributed by atoms with van der Waals surface area (Å²) in [6, 6.07) is 76.6. The molecule has 0 N–H and O–H groups in total. The van der Waals surface area contributed by atoms with Gasteiger partial charge in [0, 0.05) is 39.5 Å². The summed E-state index contributed by atoms with van der Waals surface area (Å²) in [7, 11) is 0. The summed E-state index contributed by atoms with van der Waals surface area (Å²) in [5, 5.41) is 2.07. The Morgan fingerprint density at radius 1 is 0.322 bits per heavy atom. The summed E-state index contributed by atoms with van der Waals surface area (Å²) in [5.74, 6) is 0.597. The third-order valence-electron chi connectivity index (χ3n) is 11.1. The van der Waals surface area contributed by atoms with Gasteiger partial charge in [0.05, 0.1) is 0 Å². The molecule has 0 radical (unpaired) electrons. The number of nitrogens with zero attached hydrogens (tertiary/aromatic N) is 2. The molecule has 0 aliphatic heterocycles. The van der Waals surface area contributed by atoms with Gasteiger partial charge in [-0.3, -0.25) is 0 Å². The highest BCUT2D eigenvalue weighted by Crippen LogP contribution is 2.42. The van der Waals surface area contributed by atoms with E-state index in [1.165, 1.54) is 27.8 Å². The highest BCUT2D eigenvalue weighted by atomic mass is 16.4. The van der Waals surface area contributed by atoms with Gasteiger partial charge in [0.2, 0.25) is 5.89 Å². The number of anilines is 3. The van der Waals surface area contributed by atoms with Gasteiger partial charge in [-0.2, -0.15) is 0 Å². The molecule has 9 aromatic carbocycles. The van der Waals surface area contributed by atoms with Gasteiger partial charge in [-0.1, -0.05) is 152 Å². The number of fused-ring (bicyclic) bond motifs is 4. The van der Waals surface area contributed by atoms with E-state index >= 15 is 0 Å². The fourth-order valence-electron chi connectivity index (χ4n) is 8.17. The quantitative estimate of drug-likeness (QED) is 0.155. The van der Waals surface area contributed by atoms with Gasteiger partial charge in [-0.15, -0.1) is 0 Å². The minimum atomic E-state index is 0.597. The maximum Gasteiger partial charge on any atom is 0.227 e. The van der Waals surface area contributed by atoms with Crippen molar-refractivity contribution in [1.82, 2.24) is 4.98 Å². The smallest absolute Gasteiger partial charge is 0.227 e. The number of furan rings is 1. The first-order valence-corrected chi connectivity index (χ1v) is 19.9. The molecule has 0 fully saturated rings. The fraction of sp³-hybridized carbons (Fsp3) is 0. The third kappa shape index (κ3) is 6.43. The second-order valence-electron chi connectivity index (χ2n) is 14.8. The molecular formula is C55H36N2O2. The molecule has 0 aliphatic rings. The average molecular weight is 757 g/mol. The van der Waals surface area contributed by atoms with Gasteiger partial charge in [-0.05, 0) is 105 Å². The molecule has 0 atom stereocenters. The Bertz CT molecular complexity index is 3220. The minimum Gasteiger partial charge on any atom is -0.456 e. The van der Waals surface area contributed by atoms with E-state index in [2.05, 4.69) is 181 Å². The lowest BCUT2D eigenvalue weighted by Gasteiger charge is -2.26. The van der Waals surface area contributed by atoms with E-state index < -0.39 is 0 Å². The first kappa shape index (κ1) is 34.3. The Balaban J connectivity index is 0.970. The topological polar surface area (TPSA) is 42.4 Å². The van der Waals surface area contributed by atoms with Crippen molar-refractivity contribution in [3.63, 3.8) is 0 Å². The largest absolute Gasteiger partial charge is 0.456 e. The van der Waals surface area contributed by atoms with Gasteiger partial charge in [0.25, 0.3) is 0 Å². The van der Waals surface area contributed by atoms with Crippen molar-refractivity contribution >= 4 is 50.1 Å². The molecule has 11 aromatic rings. The Labute approximate surface area is 341 Å². The van der Waals surface area contributed by atoms with Crippen molar-refractivity contribution in [2.75, 3.05) is 4.90 Å². The van der Waals surface area contributed by atoms with E-state index in [9.17, 15) is 0 Å². The predicted molar refractivity (Wildman–Crippen MR) is 243 cm³/mol. The van der Waals surface area contributed by atoms with Gasteiger partial charge >= 0.3 is 0 Å². The SMILES string of the molecule is c1ccc(-c2ccc(-c3ccc(N(c4ccc(-c5cccc6oc7cc8oc(-c9ccccc9)nc8cc7c56)cc4)c4cccc(-c5ccccc5)c4)cc3)cc2)cc1. The van der Waals surface area contributed by atoms with Crippen molar-refractivity contribution in [2.45, 2.75) is 0 Å². The van der Waals surface area contributed by atoms with Crippen LogP contribution in [-0.2, 0) is 0 Å². The normalized spacial score (nSPS) is 11.4. The van der Waals surface area contributed by atoms with Crippen molar-refractivity contribution in [3.8, 4) is 56.0 Å². The lowest BCUT2D eigenvalue weighted by molar-refractivity contribution is 0.617. The van der Waals surface area contributed by atoms with Crippen LogP contribution >= 0.6 is 0 Å². The van der Waals surface area contributed by atoms with Crippen molar-refractivity contribution in [1.29, 1.82) is 0 Å². The fourth-order valence-corrected chi connectivity index (χ4v) is 8.17. The second kappa shape index (κ2) is 14.5. The molecule has 2 aromatic heterocycles. The summed E-state index contributed by atoms with van der Waals surface area (Å²) in [5.41, 5.74) is 16.6. The molecule has 0 unspecified atom stereocenters. The standard InChI is InChI=1S/C55H36N2O2/c1-4-12-37(13-5-1)39-22-24-40(25-23-39)41-26-30-45(31-27-41)57(47-19-10-18-44(34-47)38-14-6-2-7-15-38)46-32-28-42(29-33-46)48-20-11-21-51-54(48)49-35-50-53(36-52(49)58-51)59-55(56-50)43-16-8-3-9-17-43/h1-36H. The number of hydrogen-bond acceptors (Lipinski definition) is 4. The summed E-state index contributed by atoms with van der Waals surface area (Å²) < 4.78 is 12.6.